The van der Waals surface area contributed by atoms with Crippen LogP contribution in [-0.2, 0) is 57.1 Å². The average Bonchev–Trinajstić information content (AvgIpc) is 3.12. The summed E-state index contributed by atoms with van der Waals surface area (Å²) in [5, 5.41) is 34.0. The molecule has 58 heavy (non-hydrogen) atoms. The normalized spacial score (nSPS) is 39.5. The molecule has 3 N–H and O–H groups in total. The highest BCUT2D eigenvalue weighted by molar-refractivity contribution is 5.72. The number of allylic oxidation sites excluding steroid dienone is 3. The maximum absolute atomic E-state index is 13.3. The number of hydrogen-bond acceptors (Lipinski definition) is 16. The molecule has 3 rings (SSSR count). The van der Waals surface area contributed by atoms with Gasteiger partial charge in [0.25, 0.3) is 0 Å². The zero-order valence-corrected chi connectivity index (χ0v) is 35.9. The Labute approximate surface area is 343 Å². The van der Waals surface area contributed by atoms with Gasteiger partial charge < -0.3 is 62.9 Å². The number of aliphatic hydroxyl groups excluding tert-OH is 2. The predicted molar refractivity (Wildman–Crippen MR) is 210 cm³/mol. The van der Waals surface area contributed by atoms with Gasteiger partial charge in [0.2, 0.25) is 0 Å². The third-order valence-electron chi connectivity index (χ3n) is 10.9. The molecule has 0 spiro atoms. The van der Waals surface area contributed by atoms with E-state index in [-0.39, 0.29) is 38.0 Å². The van der Waals surface area contributed by atoms with Crippen LogP contribution in [0.3, 0.4) is 0 Å². The summed E-state index contributed by atoms with van der Waals surface area (Å²) in [4.78, 5) is 52.6. The van der Waals surface area contributed by atoms with Gasteiger partial charge in [-0.1, -0.05) is 45.1 Å². The molecule has 0 radical (unpaired) electrons. The summed E-state index contributed by atoms with van der Waals surface area (Å²) >= 11 is 0. The molecule has 0 amide bonds. The van der Waals surface area contributed by atoms with E-state index < -0.39 is 116 Å². The number of hydrogen-bond donors (Lipinski definition) is 3. The van der Waals surface area contributed by atoms with Crippen LogP contribution in [-0.4, -0.2) is 151 Å². The van der Waals surface area contributed by atoms with Gasteiger partial charge >= 0.3 is 17.9 Å². The third kappa shape index (κ3) is 14.2. The quantitative estimate of drug-likeness (QED) is 0.139. The summed E-state index contributed by atoms with van der Waals surface area (Å²) in [6.07, 6.45) is -3.25. The Morgan fingerprint density at radius 2 is 1.64 bits per heavy atom. The molecular formula is C42H69NO15. The Hall–Kier alpha value is -2.80. The van der Waals surface area contributed by atoms with Crippen LogP contribution < -0.4 is 0 Å². The van der Waals surface area contributed by atoms with Crippen molar-refractivity contribution in [1.82, 2.24) is 4.90 Å². The fourth-order valence-electron chi connectivity index (χ4n) is 8.09. The van der Waals surface area contributed by atoms with Gasteiger partial charge in [0, 0.05) is 39.2 Å². The SMILES string of the molecule is CCCC(=O)OC1C(C)OC(OC2C(C)OC(OC3C(CC=O)CC(C)C=CC=CC(O)CC(C)OC(=O)CC(OC(=O)CC)C3OC)C(O)C2N(C)C)CC1(C)O. The molecule has 16 heteroatoms. The van der Waals surface area contributed by atoms with Crippen LogP contribution in [0.2, 0.25) is 0 Å². The number of rotatable bonds is 13. The minimum absolute atomic E-state index is 0.000517. The van der Waals surface area contributed by atoms with Crippen molar-refractivity contribution in [3.63, 3.8) is 0 Å². The molecule has 0 aliphatic carbocycles. The molecule has 0 saturated carbocycles. The maximum Gasteiger partial charge on any atom is 0.309 e. The molecule has 0 aromatic heterocycles. The van der Waals surface area contributed by atoms with Gasteiger partial charge in [0.05, 0.1) is 36.9 Å². The van der Waals surface area contributed by atoms with Crippen LogP contribution in [0.15, 0.2) is 24.3 Å². The predicted octanol–water partition coefficient (Wildman–Crippen LogP) is 3.16. The van der Waals surface area contributed by atoms with E-state index in [0.29, 0.717) is 12.8 Å². The number of methoxy groups -OCH3 is 1. The Morgan fingerprint density at radius 3 is 2.24 bits per heavy atom. The van der Waals surface area contributed by atoms with Crippen molar-refractivity contribution in [2.24, 2.45) is 11.8 Å². The number of nitrogens with zero attached hydrogens (tertiary/aromatic N) is 1. The van der Waals surface area contributed by atoms with Crippen LogP contribution >= 0.6 is 0 Å². The standard InChI is InChI=1S/C42H69NO15/c1-11-15-32(47)56-40-27(6)53-34(23-42(40,7)50)57-37-26(5)54-41(36(49)35(37)43(8)9)58-38-28(18-19-44)20-24(3)16-13-14-17-29(45)21-25(4)52-33(48)22-30(39(38)51-10)55-31(46)12-2/h13-14,16-17,19,24-30,34-41,45,49-50H,11-12,15,18,20-23H2,1-10H3. The summed E-state index contributed by atoms with van der Waals surface area (Å²) in [6, 6.07) is -0.761. The molecule has 2 saturated heterocycles. The van der Waals surface area contributed by atoms with Gasteiger partial charge in [0.1, 0.15) is 42.4 Å². The Balaban J connectivity index is 1.99. The highest BCUT2D eigenvalue weighted by Gasteiger charge is 2.53. The van der Waals surface area contributed by atoms with Crippen LogP contribution in [0.25, 0.3) is 0 Å². The summed E-state index contributed by atoms with van der Waals surface area (Å²) in [6.45, 7) is 12.1. The molecule has 2 fully saturated rings. The second-order valence-electron chi connectivity index (χ2n) is 16.4. The Bertz CT molecular complexity index is 1370. The van der Waals surface area contributed by atoms with E-state index in [0.717, 1.165) is 6.29 Å². The monoisotopic (exact) mass is 827 g/mol. The molecule has 3 aliphatic heterocycles. The van der Waals surface area contributed by atoms with Gasteiger partial charge in [0.15, 0.2) is 18.7 Å². The first-order valence-corrected chi connectivity index (χ1v) is 20.6. The largest absolute Gasteiger partial charge is 0.462 e. The average molecular weight is 828 g/mol. The number of carbonyl (C=O) groups excluding carboxylic acids is 4. The molecule has 3 heterocycles. The fraction of sp³-hybridized carbons (Fsp3) is 0.810. The van der Waals surface area contributed by atoms with Gasteiger partial charge in [-0.3, -0.25) is 14.4 Å². The summed E-state index contributed by atoms with van der Waals surface area (Å²) < 4.78 is 48.7. The van der Waals surface area contributed by atoms with Crippen LogP contribution in [0, 0.1) is 11.8 Å². The van der Waals surface area contributed by atoms with E-state index in [1.807, 2.05) is 19.9 Å². The molecule has 16 unspecified atom stereocenters. The lowest BCUT2D eigenvalue weighted by Gasteiger charge is -2.50. The van der Waals surface area contributed by atoms with Crippen molar-refractivity contribution >= 4 is 24.2 Å². The zero-order valence-electron chi connectivity index (χ0n) is 35.9. The zero-order chi connectivity index (χ0) is 43.3. The summed E-state index contributed by atoms with van der Waals surface area (Å²) in [5.74, 6) is -2.47. The van der Waals surface area contributed by atoms with Crippen molar-refractivity contribution in [2.75, 3.05) is 21.2 Å². The summed E-state index contributed by atoms with van der Waals surface area (Å²) in [7, 11) is 4.90. The highest BCUT2D eigenvalue weighted by atomic mass is 16.7. The van der Waals surface area contributed by atoms with Crippen molar-refractivity contribution < 1.29 is 72.4 Å². The van der Waals surface area contributed by atoms with Crippen molar-refractivity contribution in [3.05, 3.63) is 24.3 Å². The summed E-state index contributed by atoms with van der Waals surface area (Å²) in [5.41, 5.74) is -1.48. The van der Waals surface area contributed by atoms with Gasteiger partial charge in [-0.2, -0.15) is 0 Å². The van der Waals surface area contributed by atoms with Crippen molar-refractivity contribution in [1.29, 1.82) is 0 Å². The van der Waals surface area contributed by atoms with Crippen molar-refractivity contribution in [2.45, 2.75) is 185 Å². The Kier molecular flexibility index (Phi) is 19.9. The van der Waals surface area contributed by atoms with E-state index in [1.165, 1.54) is 7.11 Å². The number of aldehydes is 1. The lowest BCUT2D eigenvalue weighted by atomic mass is 9.84. The smallest absolute Gasteiger partial charge is 0.309 e. The first-order valence-electron chi connectivity index (χ1n) is 20.6. The van der Waals surface area contributed by atoms with Gasteiger partial charge in [-0.05, 0) is 66.5 Å². The first kappa shape index (κ1) is 49.6. The molecule has 0 aromatic carbocycles. The van der Waals surface area contributed by atoms with E-state index in [9.17, 15) is 34.5 Å². The first-order chi connectivity index (χ1) is 27.3. The third-order valence-corrected chi connectivity index (χ3v) is 10.9. The molecule has 0 bridgehead atoms. The molecular weight excluding hydrogens is 758 g/mol. The topological polar surface area (TPSA) is 206 Å². The van der Waals surface area contributed by atoms with Crippen molar-refractivity contribution in [3.8, 4) is 0 Å². The molecule has 16 atom stereocenters. The number of cyclic esters (lactones) is 1. The van der Waals surface area contributed by atoms with Crippen LogP contribution in [0.5, 0.6) is 0 Å². The number of esters is 3. The Morgan fingerprint density at radius 1 is 0.948 bits per heavy atom. The number of likely N-dealkylation sites (N-methyl/N-ethyl adjacent to an activating group) is 1. The number of aliphatic hydroxyl groups is 3. The second-order valence-corrected chi connectivity index (χ2v) is 16.4. The lowest BCUT2D eigenvalue weighted by Crippen LogP contribution is -2.66. The molecule has 0 aromatic rings. The number of carbonyl (C=O) groups is 4. The highest BCUT2D eigenvalue weighted by Crippen LogP contribution is 2.37. The molecule has 3 aliphatic rings. The molecule has 16 nitrogen and oxygen atoms in total. The van der Waals surface area contributed by atoms with E-state index in [4.69, 9.17) is 37.9 Å². The van der Waals surface area contributed by atoms with E-state index in [1.54, 1.807) is 71.8 Å². The minimum atomic E-state index is -1.48. The van der Waals surface area contributed by atoms with Crippen LogP contribution in [0.4, 0.5) is 0 Å². The molecule has 332 valence electrons. The number of ether oxygens (including phenoxy) is 8. The minimum Gasteiger partial charge on any atom is -0.462 e. The lowest BCUT2D eigenvalue weighted by molar-refractivity contribution is -0.344. The maximum atomic E-state index is 13.3. The van der Waals surface area contributed by atoms with Gasteiger partial charge in [-0.15, -0.1) is 0 Å². The second kappa shape index (κ2) is 23.3. The fourth-order valence-corrected chi connectivity index (χ4v) is 8.09. The van der Waals surface area contributed by atoms with Gasteiger partial charge in [-0.25, -0.2) is 0 Å². The van der Waals surface area contributed by atoms with E-state index in [2.05, 4.69) is 0 Å². The van der Waals surface area contributed by atoms with E-state index >= 15 is 0 Å². The van der Waals surface area contributed by atoms with Crippen LogP contribution in [0.1, 0.15) is 99.8 Å².